The lowest BCUT2D eigenvalue weighted by Crippen LogP contribution is -2.06. The quantitative estimate of drug-likeness (QED) is 0.470. The fraction of sp³-hybridized carbons (Fsp3) is 0.333. The zero-order valence-electron chi connectivity index (χ0n) is 13.5. The lowest BCUT2D eigenvalue weighted by Gasteiger charge is -2.23. The van der Waals surface area contributed by atoms with Crippen LogP contribution in [0.5, 0.6) is 0 Å². The number of aryl methyl sites for hydroxylation is 1. The summed E-state index contributed by atoms with van der Waals surface area (Å²) in [4.78, 5) is 1.38. The molecule has 0 N–H and O–H groups in total. The number of allylic oxidation sites excluding steroid dienone is 2. The third kappa shape index (κ3) is 3.64. The lowest BCUT2D eigenvalue weighted by molar-refractivity contribution is 0.600. The Hall–Kier alpha value is -1.47. The molecule has 0 amide bonds. The summed E-state index contributed by atoms with van der Waals surface area (Å²) in [5.74, 6) is 2.31. The van der Waals surface area contributed by atoms with Crippen LogP contribution in [0.15, 0.2) is 65.6 Å². The predicted octanol–water partition coefficient (Wildman–Crippen LogP) is 6.32. The fourth-order valence-corrected chi connectivity index (χ4v) is 3.83. The monoisotopic (exact) mass is 308 g/mol. The van der Waals surface area contributed by atoms with Gasteiger partial charge in [-0.2, -0.15) is 0 Å². The molecule has 114 valence electrons. The molecule has 1 heteroatoms. The number of hydrogen-bond donors (Lipinski definition) is 0. The maximum atomic E-state index is 2.41. The van der Waals surface area contributed by atoms with Crippen LogP contribution in [0.3, 0.4) is 0 Å². The van der Waals surface area contributed by atoms with Crippen molar-refractivity contribution < 1.29 is 0 Å². The maximum absolute atomic E-state index is 2.41. The fourth-order valence-electron chi connectivity index (χ4n) is 3.17. The van der Waals surface area contributed by atoms with Gasteiger partial charge in [0.1, 0.15) is 0 Å². The molecule has 3 rings (SSSR count). The molecule has 0 radical (unpaired) electrons. The average Bonchev–Trinajstić information content (AvgIpc) is 2.57. The van der Waals surface area contributed by atoms with Crippen LogP contribution in [0.4, 0.5) is 0 Å². The van der Waals surface area contributed by atoms with Crippen LogP contribution >= 0.6 is 11.8 Å². The van der Waals surface area contributed by atoms with Crippen LogP contribution in [0.25, 0.3) is 0 Å². The van der Waals surface area contributed by atoms with Crippen LogP contribution < -0.4 is 0 Å². The Morgan fingerprint density at radius 1 is 0.818 bits per heavy atom. The van der Waals surface area contributed by atoms with Crippen LogP contribution in [-0.2, 0) is 0 Å². The summed E-state index contributed by atoms with van der Waals surface area (Å²) in [6.07, 6.45) is 7.31. The summed E-state index contributed by atoms with van der Waals surface area (Å²) in [7, 11) is 0. The van der Waals surface area contributed by atoms with E-state index in [1.807, 2.05) is 11.8 Å². The van der Waals surface area contributed by atoms with E-state index in [-0.39, 0.29) is 0 Å². The normalized spacial score (nSPS) is 21.0. The summed E-state index contributed by atoms with van der Waals surface area (Å²) in [5, 5.41) is 0. The van der Waals surface area contributed by atoms with Gasteiger partial charge >= 0.3 is 0 Å². The van der Waals surface area contributed by atoms with Crippen LogP contribution in [-0.4, -0.2) is 5.75 Å². The summed E-state index contributed by atoms with van der Waals surface area (Å²) < 4.78 is 0. The van der Waals surface area contributed by atoms with E-state index >= 15 is 0 Å². The summed E-state index contributed by atoms with van der Waals surface area (Å²) in [6.45, 7) is 4.35. The predicted molar refractivity (Wildman–Crippen MR) is 97.9 cm³/mol. The SMILES string of the molecule is CCSc1ccc(C2C=CC(c3ccc(C)cc3)CC2)cc1. The van der Waals surface area contributed by atoms with E-state index in [1.165, 1.54) is 34.4 Å². The molecule has 0 bridgehead atoms. The van der Waals surface area contributed by atoms with Gasteiger partial charge in [-0.25, -0.2) is 0 Å². The lowest BCUT2D eigenvalue weighted by atomic mass is 9.81. The molecule has 2 aromatic rings. The first-order chi connectivity index (χ1) is 10.8. The van der Waals surface area contributed by atoms with Gasteiger partial charge in [-0.15, -0.1) is 11.8 Å². The van der Waals surface area contributed by atoms with Crippen molar-refractivity contribution in [2.75, 3.05) is 5.75 Å². The van der Waals surface area contributed by atoms with Gasteiger partial charge in [0, 0.05) is 16.7 Å². The van der Waals surface area contributed by atoms with Crippen molar-refractivity contribution in [2.24, 2.45) is 0 Å². The van der Waals surface area contributed by atoms with E-state index in [1.54, 1.807) is 0 Å². The van der Waals surface area contributed by atoms with Crippen LogP contribution in [0.1, 0.15) is 48.3 Å². The standard InChI is InChI=1S/C21H24S/c1-3-22-21-14-12-20(13-15-21)19-10-8-18(9-11-19)17-6-4-16(2)5-7-17/h4-8,10,12-15,18-19H,3,9,11H2,1-2H3. The minimum atomic E-state index is 0.586. The Morgan fingerprint density at radius 2 is 1.32 bits per heavy atom. The summed E-state index contributed by atoms with van der Waals surface area (Å²) in [6, 6.07) is 18.1. The van der Waals surface area contributed by atoms with Crippen molar-refractivity contribution in [2.45, 2.75) is 43.4 Å². The van der Waals surface area contributed by atoms with Crippen molar-refractivity contribution in [1.29, 1.82) is 0 Å². The molecule has 0 saturated carbocycles. The molecule has 1 aliphatic rings. The molecule has 0 aliphatic heterocycles. The molecule has 0 saturated heterocycles. The average molecular weight is 308 g/mol. The number of rotatable bonds is 4. The van der Waals surface area contributed by atoms with Gasteiger partial charge in [0.05, 0.1) is 0 Å². The highest BCUT2D eigenvalue weighted by Crippen LogP contribution is 2.35. The second-order valence-corrected chi connectivity index (χ2v) is 7.43. The molecule has 0 nitrogen and oxygen atoms in total. The molecule has 0 heterocycles. The minimum Gasteiger partial charge on any atom is -0.126 e. The van der Waals surface area contributed by atoms with E-state index in [0.29, 0.717) is 11.8 Å². The maximum Gasteiger partial charge on any atom is 0.00720 e. The Morgan fingerprint density at radius 3 is 1.77 bits per heavy atom. The number of thioether (sulfide) groups is 1. The molecular weight excluding hydrogens is 284 g/mol. The molecule has 0 spiro atoms. The first-order valence-corrected chi connectivity index (χ1v) is 9.22. The van der Waals surface area contributed by atoms with Gasteiger partial charge in [-0.05, 0) is 48.8 Å². The number of hydrogen-bond acceptors (Lipinski definition) is 1. The third-order valence-corrected chi connectivity index (χ3v) is 5.38. The van der Waals surface area contributed by atoms with Crippen LogP contribution in [0.2, 0.25) is 0 Å². The molecule has 22 heavy (non-hydrogen) atoms. The largest absolute Gasteiger partial charge is 0.126 e. The second-order valence-electron chi connectivity index (χ2n) is 6.09. The second kappa shape index (κ2) is 7.19. The van der Waals surface area contributed by atoms with Gasteiger partial charge in [-0.1, -0.05) is 61.0 Å². The molecule has 2 atom stereocenters. The Kier molecular flexibility index (Phi) is 5.04. The Balaban J connectivity index is 1.69. The highest BCUT2D eigenvalue weighted by molar-refractivity contribution is 7.99. The van der Waals surface area contributed by atoms with E-state index in [9.17, 15) is 0 Å². The van der Waals surface area contributed by atoms with Gasteiger partial charge in [0.15, 0.2) is 0 Å². The molecule has 0 aromatic heterocycles. The highest BCUT2D eigenvalue weighted by Gasteiger charge is 2.18. The Bertz CT molecular complexity index is 622. The summed E-state index contributed by atoms with van der Waals surface area (Å²) in [5.41, 5.74) is 4.25. The van der Waals surface area contributed by atoms with Gasteiger partial charge in [0.2, 0.25) is 0 Å². The molecule has 2 unspecified atom stereocenters. The molecule has 1 aliphatic carbocycles. The molecule has 2 aromatic carbocycles. The van der Waals surface area contributed by atoms with E-state index in [0.717, 1.165) is 5.75 Å². The first kappa shape index (κ1) is 15.4. The van der Waals surface area contributed by atoms with Crippen LogP contribution in [0, 0.1) is 6.92 Å². The zero-order chi connectivity index (χ0) is 15.4. The van der Waals surface area contributed by atoms with Gasteiger partial charge in [0.25, 0.3) is 0 Å². The zero-order valence-corrected chi connectivity index (χ0v) is 14.3. The smallest absolute Gasteiger partial charge is 0.00720 e. The molecule has 0 fully saturated rings. The minimum absolute atomic E-state index is 0.586. The first-order valence-electron chi connectivity index (χ1n) is 8.24. The van der Waals surface area contributed by atoms with E-state index < -0.39 is 0 Å². The van der Waals surface area contributed by atoms with E-state index in [2.05, 4.69) is 74.5 Å². The van der Waals surface area contributed by atoms with Gasteiger partial charge < -0.3 is 0 Å². The van der Waals surface area contributed by atoms with Crippen molar-refractivity contribution in [3.63, 3.8) is 0 Å². The number of benzene rings is 2. The van der Waals surface area contributed by atoms with Crippen molar-refractivity contribution in [3.8, 4) is 0 Å². The topological polar surface area (TPSA) is 0 Å². The highest BCUT2D eigenvalue weighted by atomic mass is 32.2. The van der Waals surface area contributed by atoms with Crippen molar-refractivity contribution in [3.05, 3.63) is 77.4 Å². The van der Waals surface area contributed by atoms with Gasteiger partial charge in [-0.3, -0.25) is 0 Å². The van der Waals surface area contributed by atoms with Crippen molar-refractivity contribution >= 4 is 11.8 Å². The Labute approximate surface area is 138 Å². The molecular formula is C21H24S. The van der Waals surface area contributed by atoms with E-state index in [4.69, 9.17) is 0 Å². The summed E-state index contributed by atoms with van der Waals surface area (Å²) >= 11 is 1.91. The third-order valence-electron chi connectivity index (χ3n) is 4.49. The van der Waals surface area contributed by atoms with Crippen molar-refractivity contribution in [1.82, 2.24) is 0 Å².